The summed E-state index contributed by atoms with van der Waals surface area (Å²) in [7, 11) is 1.34. The van der Waals surface area contributed by atoms with Crippen LogP contribution in [0.25, 0.3) is 0 Å². The van der Waals surface area contributed by atoms with Gasteiger partial charge in [-0.05, 0) is 19.0 Å². The molecule has 0 aliphatic carbocycles. The molecule has 0 aliphatic heterocycles. The molecular formula is C9H22O5Si. The first-order valence-electron chi connectivity index (χ1n) is 5.05. The molecule has 5 nitrogen and oxygen atoms in total. The molecular weight excluding hydrogens is 216 g/mol. The van der Waals surface area contributed by atoms with Crippen LogP contribution >= 0.6 is 0 Å². The summed E-state index contributed by atoms with van der Waals surface area (Å²) in [4.78, 5) is 0. The summed E-state index contributed by atoms with van der Waals surface area (Å²) >= 11 is 0. The van der Waals surface area contributed by atoms with E-state index in [0.29, 0.717) is 6.61 Å². The van der Waals surface area contributed by atoms with Crippen molar-refractivity contribution in [3.8, 4) is 0 Å². The van der Waals surface area contributed by atoms with Crippen LogP contribution in [0.3, 0.4) is 0 Å². The molecule has 0 saturated heterocycles. The zero-order chi connectivity index (χ0) is 11.7. The van der Waals surface area contributed by atoms with Gasteiger partial charge in [-0.3, -0.25) is 0 Å². The van der Waals surface area contributed by atoms with Gasteiger partial charge in [0.25, 0.3) is 0 Å². The minimum absolute atomic E-state index is 0.175. The summed E-state index contributed by atoms with van der Waals surface area (Å²) < 4.78 is 15.8. The minimum Gasteiger partial charge on any atom is -0.398 e. The normalized spacial score (nSPS) is 14.2. The summed E-state index contributed by atoms with van der Waals surface area (Å²) in [6, 6.07) is 0.856. The predicted octanol–water partition coefficient (Wildman–Crippen LogP) is 0.111. The third kappa shape index (κ3) is 6.99. The smallest absolute Gasteiger partial charge is 0.334 e. The Kier molecular flexibility index (Phi) is 8.21. The fourth-order valence-electron chi connectivity index (χ4n) is 1.05. The monoisotopic (exact) mass is 238 g/mol. The Morgan fingerprint density at radius 1 is 1.27 bits per heavy atom. The summed E-state index contributed by atoms with van der Waals surface area (Å²) in [6.07, 6.45) is 0.0567. The van der Waals surface area contributed by atoms with Crippen molar-refractivity contribution in [3.63, 3.8) is 0 Å². The molecule has 0 amide bonds. The molecule has 1 unspecified atom stereocenters. The molecule has 1 atom stereocenters. The molecule has 92 valence electrons. The lowest BCUT2D eigenvalue weighted by Gasteiger charge is -2.22. The fraction of sp³-hybridized carbons (Fsp3) is 1.00. The first kappa shape index (κ1) is 15.0. The predicted molar refractivity (Wildman–Crippen MR) is 59.0 cm³/mol. The Bertz CT molecular complexity index is 151. The third-order valence-electron chi connectivity index (χ3n) is 2.30. The van der Waals surface area contributed by atoms with Crippen LogP contribution in [0.5, 0.6) is 0 Å². The second-order valence-electron chi connectivity index (χ2n) is 3.56. The van der Waals surface area contributed by atoms with Crippen molar-refractivity contribution in [1.82, 2.24) is 0 Å². The van der Waals surface area contributed by atoms with Crippen molar-refractivity contribution in [2.24, 2.45) is 0 Å². The van der Waals surface area contributed by atoms with E-state index in [0.717, 1.165) is 12.5 Å². The van der Waals surface area contributed by atoms with Crippen molar-refractivity contribution in [2.75, 3.05) is 34.0 Å². The Morgan fingerprint density at radius 3 is 2.33 bits per heavy atom. The molecule has 0 saturated carbocycles. The van der Waals surface area contributed by atoms with Crippen molar-refractivity contribution >= 4 is 8.56 Å². The van der Waals surface area contributed by atoms with E-state index in [4.69, 9.17) is 23.8 Å². The highest BCUT2D eigenvalue weighted by Gasteiger charge is 2.27. The second-order valence-corrected chi connectivity index (χ2v) is 7.14. The SMILES string of the molecule is CO[Si](C)(CCCOCC(O)CO)OC. The quantitative estimate of drug-likeness (QED) is 0.441. The maximum absolute atomic E-state index is 8.99. The molecule has 0 fully saturated rings. The van der Waals surface area contributed by atoms with Crippen molar-refractivity contribution in [2.45, 2.75) is 25.1 Å². The van der Waals surface area contributed by atoms with Crippen LogP contribution in [0.15, 0.2) is 0 Å². The summed E-state index contributed by atoms with van der Waals surface area (Å²) in [5, 5.41) is 17.5. The van der Waals surface area contributed by atoms with E-state index in [2.05, 4.69) is 0 Å². The maximum Gasteiger partial charge on any atom is 0.334 e. The molecule has 0 aromatic heterocycles. The molecule has 15 heavy (non-hydrogen) atoms. The second kappa shape index (κ2) is 8.20. The van der Waals surface area contributed by atoms with Gasteiger partial charge in [0.2, 0.25) is 0 Å². The molecule has 2 N–H and O–H groups in total. The zero-order valence-corrected chi connectivity index (χ0v) is 10.7. The van der Waals surface area contributed by atoms with Gasteiger partial charge in [0.15, 0.2) is 0 Å². The highest BCUT2D eigenvalue weighted by molar-refractivity contribution is 6.65. The molecule has 0 bridgehead atoms. The first-order valence-corrected chi connectivity index (χ1v) is 7.57. The van der Waals surface area contributed by atoms with E-state index < -0.39 is 14.7 Å². The van der Waals surface area contributed by atoms with Crippen molar-refractivity contribution in [3.05, 3.63) is 0 Å². The third-order valence-corrected chi connectivity index (χ3v) is 5.29. The van der Waals surface area contributed by atoms with E-state index in [9.17, 15) is 0 Å². The molecule has 0 aliphatic rings. The van der Waals surface area contributed by atoms with E-state index in [1.165, 1.54) is 0 Å². The van der Waals surface area contributed by atoms with Crippen molar-refractivity contribution in [1.29, 1.82) is 0 Å². The average Bonchev–Trinajstić information content (AvgIpc) is 2.27. The summed E-state index contributed by atoms with van der Waals surface area (Å²) in [5.41, 5.74) is 0. The number of rotatable bonds is 9. The fourth-order valence-corrected chi connectivity index (χ4v) is 2.42. The molecule has 0 heterocycles. The molecule has 0 aromatic carbocycles. The van der Waals surface area contributed by atoms with Crippen LogP contribution in [0.2, 0.25) is 12.6 Å². The van der Waals surface area contributed by atoms with Gasteiger partial charge in [0.05, 0.1) is 13.2 Å². The first-order chi connectivity index (χ1) is 7.08. The highest BCUT2D eigenvalue weighted by atomic mass is 28.4. The number of ether oxygens (including phenoxy) is 1. The van der Waals surface area contributed by atoms with E-state index in [1.54, 1.807) is 14.2 Å². The molecule has 0 rings (SSSR count). The average molecular weight is 238 g/mol. The van der Waals surface area contributed by atoms with Crippen LogP contribution in [0.4, 0.5) is 0 Å². The Morgan fingerprint density at radius 2 is 1.87 bits per heavy atom. The lowest BCUT2D eigenvalue weighted by Crippen LogP contribution is -2.36. The van der Waals surface area contributed by atoms with Crippen LogP contribution in [0.1, 0.15) is 6.42 Å². The molecule has 0 radical (unpaired) electrons. The molecule has 6 heteroatoms. The van der Waals surface area contributed by atoms with Gasteiger partial charge in [0, 0.05) is 20.8 Å². The van der Waals surface area contributed by atoms with E-state index >= 15 is 0 Å². The van der Waals surface area contributed by atoms with Gasteiger partial charge in [-0.2, -0.15) is 0 Å². The Labute approximate surface area is 92.2 Å². The van der Waals surface area contributed by atoms with Crippen molar-refractivity contribution < 1.29 is 23.8 Å². The lowest BCUT2D eigenvalue weighted by molar-refractivity contribution is 0.00611. The molecule has 0 aromatic rings. The lowest BCUT2D eigenvalue weighted by atomic mass is 10.4. The number of hydrogen-bond acceptors (Lipinski definition) is 5. The highest BCUT2D eigenvalue weighted by Crippen LogP contribution is 2.13. The van der Waals surface area contributed by atoms with Gasteiger partial charge in [-0.1, -0.05) is 0 Å². The topological polar surface area (TPSA) is 68.2 Å². The van der Waals surface area contributed by atoms with Gasteiger partial charge in [0.1, 0.15) is 6.10 Å². The van der Waals surface area contributed by atoms with E-state index in [-0.39, 0.29) is 13.2 Å². The zero-order valence-electron chi connectivity index (χ0n) is 9.73. The largest absolute Gasteiger partial charge is 0.398 e. The van der Waals surface area contributed by atoms with Crippen LogP contribution in [0, 0.1) is 0 Å². The maximum atomic E-state index is 8.99. The molecule has 0 spiro atoms. The van der Waals surface area contributed by atoms with E-state index in [1.807, 2.05) is 6.55 Å². The Hall–Kier alpha value is 0.0169. The van der Waals surface area contributed by atoms with Crippen LogP contribution in [-0.2, 0) is 13.6 Å². The Balaban J connectivity index is 3.45. The number of aliphatic hydroxyl groups is 2. The summed E-state index contributed by atoms with van der Waals surface area (Å²) in [6.45, 7) is 2.46. The standard InChI is InChI=1S/C9H22O5Si/c1-12-15(3,13-2)6-4-5-14-8-9(11)7-10/h9-11H,4-8H2,1-3H3. The number of aliphatic hydroxyl groups excluding tert-OH is 2. The number of hydrogen-bond donors (Lipinski definition) is 2. The van der Waals surface area contributed by atoms with Gasteiger partial charge < -0.3 is 23.8 Å². The van der Waals surface area contributed by atoms with Crippen LogP contribution < -0.4 is 0 Å². The van der Waals surface area contributed by atoms with Gasteiger partial charge in [-0.25, -0.2) is 0 Å². The van der Waals surface area contributed by atoms with Gasteiger partial charge in [-0.15, -0.1) is 0 Å². The van der Waals surface area contributed by atoms with Gasteiger partial charge >= 0.3 is 8.56 Å². The summed E-state index contributed by atoms with van der Waals surface area (Å²) in [5.74, 6) is 0. The van der Waals surface area contributed by atoms with Crippen LogP contribution in [-0.4, -0.2) is 58.9 Å². The minimum atomic E-state index is -1.97.